The zero-order valence-corrected chi connectivity index (χ0v) is 23.1. The van der Waals surface area contributed by atoms with Gasteiger partial charge in [0.2, 0.25) is 11.9 Å². The summed E-state index contributed by atoms with van der Waals surface area (Å²) in [6, 6.07) is 12.8. The fourth-order valence-electron chi connectivity index (χ4n) is 3.14. The zero-order valence-electron chi connectivity index (χ0n) is 20.7. The molecule has 0 unspecified atom stereocenters. The molecule has 0 atom stereocenters. The first-order valence-electron chi connectivity index (χ1n) is 11.4. The molecule has 0 saturated carbocycles. The average molecular weight is 652 g/mol. The smallest absolute Gasteiger partial charge is 0.324 e. The fraction of sp³-hybridized carbons (Fsp3) is 0.167. The molecule has 0 saturated heterocycles. The van der Waals surface area contributed by atoms with Gasteiger partial charge in [0.25, 0.3) is 0 Å². The van der Waals surface area contributed by atoms with E-state index >= 15 is 0 Å². The Morgan fingerprint density at radius 1 is 0.667 bits per heavy atom. The van der Waals surface area contributed by atoms with Crippen molar-refractivity contribution >= 4 is 54.7 Å². The normalized spacial score (nSPS) is 11.8. The van der Waals surface area contributed by atoms with Gasteiger partial charge < -0.3 is 10.6 Å². The van der Waals surface area contributed by atoms with E-state index in [1.165, 1.54) is 0 Å². The van der Waals surface area contributed by atoms with Crippen LogP contribution in [0.1, 0.15) is 22.3 Å². The standard InChI is InChI=1S/C24H16Cl2F6N6O3P/c25-19-17(23(27,28)29)9-33-21(37-19)35-15-5-1-13(2-6-15)11-40-42(39)41-12-14-3-7-16(8-4-14)36-22-34-10-18(20(26)38-22)24(30,31)32/h1-10H,11-12H2,(H,33,35,37)(H,34,36,38)/q+1. The molecular weight excluding hydrogens is 636 g/mol. The molecular formula is C24H16Cl2F6N6O3P+. The summed E-state index contributed by atoms with van der Waals surface area (Å²) in [5, 5.41) is 3.98. The Kier molecular flexibility index (Phi) is 9.79. The van der Waals surface area contributed by atoms with Crippen LogP contribution in [-0.2, 0) is 39.2 Å². The van der Waals surface area contributed by atoms with E-state index in [-0.39, 0.29) is 25.1 Å². The number of halogens is 8. The summed E-state index contributed by atoms with van der Waals surface area (Å²) in [7, 11) is -2.49. The summed E-state index contributed by atoms with van der Waals surface area (Å²) in [6.45, 7) is -0.118. The lowest BCUT2D eigenvalue weighted by molar-refractivity contribution is -0.138. The van der Waals surface area contributed by atoms with E-state index in [0.717, 1.165) is 0 Å². The number of nitrogens with one attached hydrogen (secondary N) is 2. The lowest BCUT2D eigenvalue weighted by Gasteiger charge is -2.10. The Morgan fingerprint density at radius 2 is 1.02 bits per heavy atom. The van der Waals surface area contributed by atoms with Crippen LogP contribution in [-0.4, -0.2) is 19.9 Å². The minimum Gasteiger partial charge on any atom is -0.324 e. The van der Waals surface area contributed by atoms with Crippen molar-refractivity contribution in [2.75, 3.05) is 10.6 Å². The number of rotatable bonds is 10. The highest BCUT2D eigenvalue weighted by molar-refractivity contribution is 7.33. The van der Waals surface area contributed by atoms with Crippen LogP contribution >= 0.6 is 31.5 Å². The van der Waals surface area contributed by atoms with Crippen LogP contribution < -0.4 is 10.6 Å². The lowest BCUT2D eigenvalue weighted by Crippen LogP contribution is -2.09. The van der Waals surface area contributed by atoms with Crippen molar-refractivity contribution in [2.24, 2.45) is 0 Å². The van der Waals surface area contributed by atoms with Crippen molar-refractivity contribution < 1.29 is 40.0 Å². The molecule has 220 valence electrons. The van der Waals surface area contributed by atoms with Gasteiger partial charge in [-0.25, -0.2) is 19.9 Å². The number of hydrogen-bond acceptors (Lipinski definition) is 9. The second-order valence-corrected chi connectivity index (χ2v) is 9.89. The summed E-state index contributed by atoms with van der Waals surface area (Å²) in [4.78, 5) is 14.4. The molecule has 18 heteroatoms. The van der Waals surface area contributed by atoms with E-state index in [2.05, 4.69) is 30.6 Å². The highest BCUT2D eigenvalue weighted by atomic mass is 35.5. The van der Waals surface area contributed by atoms with Crippen LogP contribution in [0.5, 0.6) is 0 Å². The number of aromatic nitrogens is 4. The quantitative estimate of drug-likeness (QED) is 0.0990. The highest BCUT2D eigenvalue weighted by Gasteiger charge is 2.35. The predicted molar refractivity (Wildman–Crippen MR) is 141 cm³/mol. The summed E-state index contributed by atoms with van der Waals surface area (Å²) in [5.41, 5.74) is -0.128. The second kappa shape index (κ2) is 13.1. The van der Waals surface area contributed by atoms with Crippen LogP contribution in [0.15, 0.2) is 60.9 Å². The molecule has 2 N–H and O–H groups in total. The molecule has 0 amide bonds. The van der Waals surface area contributed by atoms with Gasteiger partial charge in [-0.15, -0.1) is 9.05 Å². The van der Waals surface area contributed by atoms with Gasteiger partial charge in [0.1, 0.15) is 34.6 Å². The number of nitrogens with zero attached hydrogens (tertiary/aromatic N) is 4. The zero-order chi connectivity index (χ0) is 30.5. The van der Waals surface area contributed by atoms with Gasteiger partial charge >= 0.3 is 20.6 Å². The van der Waals surface area contributed by atoms with E-state index in [1.54, 1.807) is 48.5 Å². The first kappa shape index (κ1) is 31.3. The topological polar surface area (TPSA) is 111 Å². The Hall–Kier alpha value is -3.62. The van der Waals surface area contributed by atoms with Crippen LogP contribution in [0.3, 0.4) is 0 Å². The molecule has 42 heavy (non-hydrogen) atoms. The second-order valence-electron chi connectivity index (χ2n) is 8.21. The fourth-order valence-corrected chi connectivity index (χ4v) is 4.20. The lowest BCUT2D eigenvalue weighted by atomic mass is 10.2. The van der Waals surface area contributed by atoms with E-state index in [9.17, 15) is 30.9 Å². The van der Waals surface area contributed by atoms with Gasteiger partial charge in [0.05, 0.1) is 0 Å². The van der Waals surface area contributed by atoms with Crippen LogP contribution in [0.2, 0.25) is 10.3 Å². The van der Waals surface area contributed by atoms with E-state index in [0.29, 0.717) is 34.9 Å². The molecule has 4 aromatic rings. The molecule has 0 aliphatic rings. The van der Waals surface area contributed by atoms with E-state index < -0.39 is 42.0 Å². The number of benzene rings is 2. The SMILES string of the molecule is O=[P+](OCc1ccc(Nc2ncc(C(F)(F)F)c(Cl)n2)cc1)OCc1ccc(Nc2ncc(C(F)(F)F)c(Cl)n2)cc1. The Bertz CT molecular complexity index is 1450. The number of hydrogen-bond donors (Lipinski definition) is 2. The third-order valence-electron chi connectivity index (χ3n) is 5.19. The monoisotopic (exact) mass is 651 g/mol. The third kappa shape index (κ3) is 8.69. The van der Waals surface area contributed by atoms with Crippen molar-refractivity contribution in [3.05, 3.63) is 93.5 Å². The van der Waals surface area contributed by atoms with Gasteiger partial charge in [-0.1, -0.05) is 47.5 Å². The minimum absolute atomic E-state index is 0.0589. The van der Waals surface area contributed by atoms with E-state index in [1.807, 2.05) is 0 Å². The first-order chi connectivity index (χ1) is 19.8. The van der Waals surface area contributed by atoms with Crippen molar-refractivity contribution in [2.45, 2.75) is 25.6 Å². The molecule has 0 bridgehead atoms. The first-order valence-corrected chi connectivity index (χ1v) is 13.3. The molecule has 9 nitrogen and oxygen atoms in total. The molecule has 2 aromatic carbocycles. The average Bonchev–Trinajstić information content (AvgIpc) is 2.91. The molecule has 2 aromatic heterocycles. The summed E-state index contributed by atoms with van der Waals surface area (Å²) < 4.78 is 99.2. The largest absolute Gasteiger partial charge is 0.698 e. The van der Waals surface area contributed by atoms with Crippen LogP contribution in [0.25, 0.3) is 0 Å². The number of anilines is 4. The Morgan fingerprint density at radius 3 is 1.33 bits per heavy atom. The molecule has 0 radical (unpaired) electrons. The molecule has 0 spiro atoms. The van der Waals surface area contributed by atoms with Gasteiger partial charge in [0, 0.05) is 28.3 Å². The highest BCUT2D eigenvalue weighted by Crippen LogP contribution is 2.35. The van der Waals surface area contributed by atoms with E-state index in [4.69, 9.17) is 32.2 Å². The van der Waals surface area contributed by atoms with Crippen molar-refractivity contribution in [3.63, 3.8) is 0 Å². The maximum Gasteiger partial charge on any atom is 0.698 e. The van der Waals surface area contributed by atoms with Gasteiger partial charge in [-0.2, -0.15) is 26.3 Å². The van der Waals surface area contributed by atoms with Gasteiger partial charge in [0.15, 0.2) is 0 Å². The summed E-state index contributed by atoms with van der Waals surface area (Å²) in [6.07, 6.45) is -8.18. The molecule has 0 fully saturated rings. The van der Waals surface area contributed by atoms with Crippen molar-refractivity contribution in [1.82, 2.24) is 19.9 Å². The summed E-state index contributed by atoms with van der Waals surface area (Å²) >= 11 is 11.2. The van der Waals surface area contributed by atoms with Crippen molar-refractivity contribution in [3.8, 4) is 0 Å². The maximum atomic E-state index is 12.8. The van der Waals surface area contributed by atoms with Crippen LogP contribution in [0.4, 0.5) is 49.6 Å². The minimum atomic E-state index is -4.67. The maximum absolute atomic E-state index is 12.8. The Balaban J connectivity index is 1.22. The molecule has 4 rings (SSSR count). The number of alkyl halides is 6. The Labute approximate surface area is 244 Å². The van der Waals surface area contributed by atoms with Gasteiger partial charge in [-0.05, 0) is 35.4 Å². The van der Waals surface area contributed by atoms with Crippen molar-refractivity contribution in [1.29, 1.82) is 0 Å². The summed E-state index contributed by atoms with van der Waals surface area (Å²) in [5.74, 6) is -0.260. The molecule has 0 aliphatic heterocycles. The molecule has 2 heterocycles. The van der Waals surface area contributed by atoms with Gasteiger partial charge in [-0.3, -0.25) is 0 Å². The third-order valence-corrected chi connectivity index (χ3v) is 6.44. The predicted octanol–water partition coefficient (Wildman–Crippen LogP) is 8.49. The van der Waals surface area contributed by atoms with Crippen LogP contribution in [0, 0.1) is 0 Å². The molecule has 0 aliphatic carbocycles.